The van der Waals surface area contributed by atoms with Gasteiger partial charge in [-0.3, -0.25) is 14.5 Å². The summed E-state index contributed by atoms with van der Waals surface area (Å²) in [7, 11) is 0. The van der Waals surface area contributed by atoms with Gasteiger partial charge < -0.3 is 25.2 Å². The highest BCUT2D eigenvalue weighted by atomic mass is 16.7. The van der Waals surface area contributed by atoms with E-state index in [2.05, 4.69) is 85.7 Å². The molecule has 0 spiro atoms. The maximum atomic E-state index is 13.8. The van der Waals surface area contributed by atoms with Gasteiger partial charge in [-0.15, -0.1) is 0 Å². The molecule has 3 aromatic rings. The van der Waals surface area contributed by atoms with Gasteiger partial charge >= 0.3 is 0 Å². The van der Waals surface area contributed by atoms with E-state index in [1.165, 1.54) is 26.2 Å². The molecule has 268 valence electrons. The van der Waals surface area contributed by atoms with E-state index in [0.717, 1.165) is 52.6 Å². The summed E-state index contributed by atoms with van der Waals surface area (Å²) < 4.78 is 13.8. The molecule has 1 saturated carbocycles. The molecule has 3 aliphatic rings. The largest absolute Gasteiger partial charge is 0.392 e. The van der Waals surface area contributed by atoms with Crippen molar-refractivity contribution in [2.45, 2.75) is 122 Å². The highest BCUT2D eigenvalue weighted by molar-refractivity contribution is 5.82. The highest BCUT2D eigenvalue weighted by Gasteiger charge is 2.46. The van der Waals surface area contributed by atoms with Crippen molar-refractivity contribution in [3.05, 3.63) is 95.1 Å². The number of carbonyl (C=O) groups is 2. The van der Waals surface area contributed by atoms with E-state index < -0.39 is 6.29 Å². The number of carbonyl (C=O) groups excluding carboxylic acids is 2. The Kier molecular flexibility index (Phi) is 11.4. The minimum Gasteiger partial charge on any atom is -0.392 e. The first-order chi connectivity index (χ1) is 24.0. The van der Waals surface area contributed by atoms with Crippen LogP contribution in [0.4, 0.5) is 0 Å². The summed E-state index contributed by atoms with van der Waals surface area (Å²) in [6.45, 7) is 11.0. The Hall–Kier alpha value is -3.56. The first-order valence-electron chi connectivity index (χ1n) is 18.5. The molecule has 7 atom stereocenters. The van der Waals surface area contributed by atoms with Crippen LogP contribution in [-0.2, 0) is 32.2 Å². The lowest BCUT2D eigenvalue weighted by molar-refractivity contribution is -0.278. The van der Waals surface area contributed by atoms with E-state index in [-0.39, 0.29) is 48.1 Å². The summed E-state index contributed by atoms with van der Waals surface area (Å²) in [6.07, 6.45) is 5.73. The standard InChI is InChI=1S/C42H55N3O5/c1-27-38(25-45-36-13-9-7-10-31(36)22-23-37(45)40(48)44-42(3,4)5)49-41(50-39(27)32-16-14-29(26-46)15-17-32)33-20-18-30(19-21-33)35-12-8-6-11-34(35)24-43-28(2)47/h6,8,11-12,14-21,27,31,36-39,41,46H,7,9-10,13,22-26H2,1-5H3,(H,43,47)(H,44,48)/t27-,31-,36-,37-,38+,39+,41+/m1/s1. The Bertz CT molecular complexity index is 1600. The molecular weight excluding hydrogens is 626 g/mol. The normalized spacial score (nSPS) is 27.3. The molecule has 50 heavy (non-hydrogen) atoms. The second-order valence-corrected chi connectivity index (χ2v) is 15.7. The topological polar surface area (TPSA) is 100 Å². The number of likely N-dealkylation sites (tertiary alicyclic amines) is 1. The Morgan fingerprint density at radius 3 is 2.28 bits per heavy atom. The monoisotopic (exact) mass is 681 g/mol. The molecule has 0 unspecified atom stereocenters. The van der Waals surface area contributed by atoms with Crippen molar-refractivity contribution >= 4 is 11.8 Å². The van der Waals surface area contributed by atoms with Gasteiger partial charge in [0.05, 0.1) is 24.9 Å². The van der Waals surface area contributed by atoms with Gasteiger partial charge in [0.1, 0.15) is 0 Å². The van der Waals surface area contributed by atoms with Crippen LogP contribution in [0.3, 0.4) is 0 Å². The number of amides is 2. The number of fused-ring (bicyclic) bond motifs is 1. The third-order valence-corrected chi connectivity index (χ3v) is 10.9. The predicted octanol–water partition coefficient (Wildman–Crippen LogP) is 7.21. The number of nitrogens with one attached hydrogen (secondary N) is 2. The highest BCUT2D eigenvalue weighted by Crippen LogP contribution is 2.44. The summed E-state index contributed by atoms with van der Waals surface area (Å²) in [5, 5.41) is 15.9. The number of aliphatic hydroxyl groups excluding tert-OH is 1. The van der Waals surface area contributed by atoms with Crippen molar-refractivity contribution in [2.75, 3.05) is 6.54 Å². The Balaban J connectivity index is 1.30. The van der Waals surface area contributed by atoms with Gasteiger partial charge in [-0.05, 0) is 80.2 Å². The molecule has 2 amide bonds. The van der Waals surface area contributed by atoms with E-state index in [9.17, 15) is 14.7 Å². The molecule has 8 nitrogen and oxygen atoms in total. The molecule has 0 radical (unpaired) electrons. The molecule has 3 N–H and O–H groups in total. The van der Waals surface area contributed by atoms with Crippen LogP contribution in [0.5, 0.6) is 0 Å². The lowest BCUT2D eigenvalue weighted by Gasteiger charge is -2.51. The fourth-order valence-electron chi connectivity index (χ4n) is 8.26. The van der Waals surface area contributed by atoms with Crippen LogP contribution in [0.2, 0.25) is 0 Å². The average Bonchev–Trinajstić information content (AvgIpc) is 3.11. The minimum absolute atomic E-state index is 0.00839. The van der Waals surface area contributed by atoms with Crippen LogP contribution in [0.15, 0.2) is 72.8 Å². The molecule has 2 heterocycles. The summed E-state index contributed by atoms with van der Waals surface area (Å²) in [5.41, 5.74) is 5.70. The number of ether oxygens (including phenoxy) is 2. The van der Waals surface area contributed by atoms with E-state index in [1.54, 1.807) is 0 Å². The van der Waals surface area contributed by atoms with Gasteiger partial charge in [0.25, 0.3) is 0 Å². The van der Waals surface area contributed by atoms with Gasteiger partial charge in [-0.25, -0.2) is 0 Å². The van der Waals surface area contributed by atoms with Gasteiger partial charge in [-0.1, -0.05) is 92.6 Å². The van der Waals surface area contributed by atoms with Crippen LogP contribution >= 0.6 is 0 Å². The van der Waals surface area contributed by atoms with Crippen LogP contribution in [0, 0.1) is 11.8 Å². The van der Waals surface area contributed by atoms with Gasteiger partial charge in [0.2, 0.25) is 11.8 Å². The van der Waals surface area contributed by atoms with Crippen molar-refractivity contribution in [3.63, 3.8) is 0 Å². The quantitative estimate of drug-likeness (QED) is 0.221. The molecule has 0 aromatic heterocycles. The molecule has 2 saturated heterocycles. The Morgan fingerprint density at radius 1 is 0.880 bits per heavy atom. The van der Waals surface area contributed by atoms with E-state index in [4.69, 9.17) is 9.47 Å². The lowest BCUT2D eigenvalue weighted by Crippen LogP contribution is -2.61. The number of hydrogen-bond acceptors (Lipinski definition) is 6. The third-order valence-electron chi connectivity index (χ3n) is 10.9. The van der Waals surface area contributed by atoms with Crippen molar-refractivity contribution in [3.8, 4) is 11.1 Å². The number of hydrogen-bond donors (Lipinski definition) is 3. The fourth-order valence-corrected chi connectivity index (χ4v) is 8.26. The zero-order valence-corrected chi connectivity index (χ0v) is 30.4. The number of nitrogens with zero attached hydrogens (tertiary/aromatic N) is 1. The average molecular weight is 682 g/mol. The minimum atomic E-state index is -0.601. The van der Waals surface area contributed by atoms with E-state index in [0.29, 0.717) is 25.0 Å². The summed E-state index contributed by atoms with van der Waals surface area (Å²) in [5.74, 6) is 0.678. The first-order valence-corrected chi connectivity index (χ1v) is 18.5. The Morgan fingerprint density at radius 2 is 1.58 bits per heavy atom. The number of rotatable bonds is 9. The molecule has 0 bridgehead atoms. The molecule has 6 rings (SSSR count). The smallest absolute Gasteiger partial charge is 0.237 e. The van der Waals surface area contributed by atoms with Crippen molar-refractivity contribution in [1.29, 1.82) is 0 Å². The number of aliphatic hydroxyl groups is 1. The third kappa shape index (κ3) is 8.48. The second kappa shape index (κ2) is 15.8. The molecular formula is C42H55N3O5. The summed E-state index contributed by atoms with van der Waals surface area (Å²) >= 11 is 0. The molecule has 3 aromatic carbocycles. The van der Waals surface area contributed by atoms with Crippen LogP contribution in [-0.4, -0.2) is 52.1 Å². The van der Waals surface area contributed by atoms with Crippen molar-refractivity contribution < 1.29 is 24.2 Å². The zero-order chi connectivity index (χ0) is 35.4. The van der Waals surface area contributed by atoms with Crippen LogP contribution < -0.4 is 10.6 Å². The van der Waals surface area contributed by atoms with Gasteiger partial charge in [-0.2, -0.15) is 0 Å². The number of benzene rings is 3. The van der Waals surface area contributed by atoms with Crippen LogP contribution in [0.25, 0.3) is 11.1 Å². The van der Waals surface area contributed by atoms with Gasteiger partial charge in [0.15, 0.2) is 6.29 Å². The summed E-state index contributed by atoms with van der Waals surface area (Å²) in [6, 6.07) is 24.7. The van der Waals surface area contributed by atoms with Crippen LogP contribution in [0.1, 0.15) is 108 Å². The van der Waals surface area contributed by atoms with Gasteiger partial charge in [0, 0.05) is 43.1 Å². The molecule has 2 aliphatic heterocycles. The van der Waals surface area contributed by atoms with Crippen molar-refractivity contribution in [1.82, 2.24) is 15.5 Å². The maximum absolute atomic E-state index is 13.8. The summed E-state index contributed by atoms with van der Waals surface area (Å²) in [4.78, 5) is 28.0. The number of piperidine rings is 1. The van der Waals surface area contributed by atoms with E-state index >= 15 is 0 Å². The fraction of sp³-hybridized carbons (Fsp3) is 0.524. The SMILES string of the molecule is CC(=O)NCc1ccccc1-c1ccc([C@H]2O[C@@H](CN3[C@@H](C(=O)NC(C)(C)C)CC[C@H]4CCCC[C@H]43)[C@@H](C)[C@@H](c3ccc(CO)cc3)O2)cc1. The molecule has 8 heteroatoms. The maximum Gasteiger partial charge on any atom is 0.237 e. The second-order valence-electron chi connectivity index (χ2n) is 15.7. The Labute approximate surface area is 297 Å². The zero-order valence-electron chi connectivity index (χ0n) is 30.4. The van der Waals surface area contributed by atoms with E-state index in [1.807, 2.05) is 30.3 Å². The molecule has 1 aliphatic carbocycles. The predicted molar refractivity (Wildman–Crippen MR) is 196 cm³/mol. The first kappa shape index (κ1) is 36.2. The molecule has 3 fully saturated rings. The van der Waals surface area contributed by atoms with Crippen molar-refractivity contribution in [2.24, 2.45) is 11.8 Å². The lowest BCUT2D eigenvalue weighted by atomic mass is 9.75.